The predicted molar refractivity (Wildman–Crippen MR) is 73.3 cm³/mol. The molecule has 19 heavy (non-hydrogen) atoms. The molecule has 1 amide bonds. The van der Waals surface area contributed by atoms with Crippen LogP contribution in [0, 0.1) is 0 Å². The van der Waals surface area contributed by atoms with Gasteiger partial charge in [0.2, 0.25) is 0 Å². The van der Waals surface area contributed by atoms with E-state index in [0.717, 1.165) is 19.4 Å². The number of carbonyl (C=O) groups excluding carboxylic acids is 1. The lowest BCUT2D eigenvalue weighted by Gasteiger charge is -2.33. The predicted octanol–water partition coefficient (Wildman–Crippen LogP) is 2.44. The van der Waals surface area contributed by atoms with Gasteiger partial charge in [-0.2, -0.15) is 0 Å². The van der Waals surface area contributed by atoms with Gasteiger partial charge >= 0.3 is 6.09 Å². The smallest absolute Gasteiger partial charge is 0.410 e. The second kappa shape index (κ2) is 7.70. The maximum Gasteiger partial charge on any atom is 0.410 e. The minimum Gasteiger partial charge on any atom is -0.444 e. The number of hydrogen-bond acceptors (Lipinski definition) is 4. The Kier molecular flexibility index (Phi) is 6.58. The number of likely N-dealkylation sites (tertiary alicyclic amines) is 1. The molecule has 0 spiro atoms. The Morgan fingerprint density at radius 1 is 1.21 bits per heavy atom. The Morgan fingerprint density at radius 2 is 1.84 bits per heavy atom. The third-order valence-corrected chi connectivity index (χ3v) is 2.88. The lowest BCUT2D eigenvalue weighted by Crippen LogP contribution is -2.43. The molecule has 1 aliphatic heterocycles. The highest BCUT2D eigenvalue weighted by molar-refractivity contribution is 5.68. The molecule has 0 atom stereocenters. The van der Waals surface area contributed by atoms with Crippen molar-refractivity contribution in [3.8, 4) is 0 Å². The molecular formula is C14H27NO4. The van der Waals surface area contributed by atoms with Gasteiger partial charge in [-0.3, -0.25) is 0 Å². The summed E-state index contributed by atoms with van der Waals surface area (Å²) >= 11 is 0. The highest BCUT2D eigenvalue weighted by Crippen LogP contribution is 2.17. The van der Waals surface area contributed by atoms with Crippen LogP contribution in [0.25, 0.3) is 0 Å². The van der Waals surface area contributed by atoms with Gasteiger partial charge in [0.05, 0.1) is 19.3 Å². The molecule has 0 aromatic rings. The first kappa shape index (κ1) is 16.2. The molecule has 1 rings (SSSR count). The van der Waals surface area contributed by atoms with Crippen LogP contribution in [-0.2, 0) is 14.2 Å². The molecule has 1 heterocycles. The normalized spacial score (nSPS) is 17.6. The second-order valence-electron chi connectivity index (χ2n) is 5.73. The van der Waals surface area contributed by atoms with E-state index in [1.165, 1.54) is 0 Å². The Labute approximate surface area is 116 Å². The monoisotopic (exact) mass is 273 g/mol. The number of nitrogens with zero attached hydrogens (tertiary/aromatic N) is 1. The van der Waals surface area contributed by atoms with Crippen molar-refractivity contribution in [3.63, 3.8) is 0 Å². The van der Waals surface area contributed by atoms with Gasteiger partial charge in [-0.15, -0.1) is 0 Å². The Balaban J connectivity index is 2.19. The van der Waals surface area contributed by atoms with Crippen LogP contribution in [0.3, 0.4) is 0 Å². The van der Waals surface area contributed by atoms with Gasteiger partial charge in [-0.25, -0.2) is 4.79 Å². The number of rotatable bonds is 5. The van der Waals surface area contributed by atoms with Crippen molar-refractivity contribution in [2.45, 2.75) is 52.2 Å². The van der Waals surface area contributed by atoms with Crippen molar-refractivity contribution in [2.24, 2.45) is 0 Å². The van der Waals surface area contributed by atoms with E-state index in [1.54, 1.807) is 4.90 Å². The summed E-state index contributed by atoms with van der Waals surface area (Å²) in [5.74, 6) is 0. The molecular weight excluding hydrogens is 246 g/mol. The molecule has 1 saturated heterocycles. The minimum atomic E-state index is -0.429. The van der Waals surface area contributed by atoms with Crippen LogP contribution in [0.4, 0.5) is 4.79 Å². The fourth-order valence-corrected chi connectivity index (χ4v) is 1.95. The fourth-order valence-electron chi connectivity index (χ4n) is 1.95. The SMILES string of the molecule is CCOCCOC1CCN(C(=O)OC(C)(C)C)CC1. The lowest BCUT2D eigenvalue weighted by atomic mass is 10.1. The Hall–Kier alpha value is -0.810. The number of ether oxygens (including phenoxy) is 3. The highest BCUT2D eigenvalue weighted by atomic mass is 16.6. The number of carbonyl (C=O) groups is 1. The molecule has 0 radical (unpaired) electrons. The van der Waals surface area contributed by atoms with Crippen LogP contribution in [0.15, 0.2) is 0 Å². The zero-order chi connectivity index (χ0) is 14.3. The quantitative estimate of drug-likeness (QED) is 0.722. The average molecular weight is 273 g/mol. The summed E-state index contributed by atoms with van der Waals surface area (Å²) in [6.07, 6.45) is 1.75. The molecule has 0 aromatic carbocycles. The first-order valence-electron chi connectivity index (χ1n) is 7.09. The van der Waals surface area contributed by atoms with Crippen LogP contribution in [-0.4, -0.2) is 55.6 Å². The number of piperidine rings is 1. The van der Waals surface area contributed by atoms with E-state index in [1.807, 2.05) is 27.7 Å². The van der Waals surface area contributed by atoms with Crippen molar-refractivity contribution in [2.75, 3.05) is 32.9 Å². The van der Waals surface area contributed by atoms with Crippen molar-refractivity contribution in [1.29, 1.82) is 0 Å². The maximum absolute atomic E-state index is 11.9. The van der Waals surface area contributed by atoms with E-state index >= 15 is 0 Å². The standard InChI is InChI=1S/C14H27NO4/c1-5-17-10-11-18-12-6-8-15(9-7-12)13(16)19-14(2,3)4/h12H,5-11H2,1-4H3. The van der Waals surface area contributed by atoms with Crippen LogP contribution in [0.5, 0.6) is 0 Å². The second-order valence-corrected chi connectivity index (χ2v) is 5.73. The summed E-state index contributed by atoms with van der Waals surface area (Å²) in [4.78, 5) is 13.6. The van der Waals surface area contributed by atoms with Crippen LogP contribution in [0.1, 0.15) is 40.5 Å². The molecule has 0 aromatic heterocycles. The fraction of sp³-hybridized carbons (Fsp3) is 0.929. The third-order valence-electron chi connectivity index (χ3n) is 2.88. The minimum absolute atomic E-state index is 0.222. The molecule has 0 unspecified atom stereocenters. The molecule has 1 fully saturated rings. The molecule has 1 aliphatic rings. The third kappa shape index (κ3) is 6.78. The van der Waals surface area contributed by atoms with Crippen LogP contribution >= 0.6 is 0 Å². The molecule has 0 N–H and O–H groups in total. The zero-order valence-electron chi connectivity index (χ0n) is 12.6. The van der Waals surface area contributed by atoms with Gasteiger partial charge < -0.3 is 19.1 Å². The van der Waals surface area contributed by atoms with Crippen molar-refractivity contribution < 1.29 is 19.0 Å². The largest absolute Gasteiger partial charge is 0.444 e. The topological polar surface area (TPSA) is 48.0 Å². The Bertz CT molecular complexity index is 267. The van der Waals surface area contributed by atoms with Gasteiger partial charge in [0, 0.05) is 19.7 Å². The number of hydrogen-bond donors (Lipinski definition) is 0. The molecule has 5 nitrogen and oxygen atoms in total. The van der Waals surface area contributed by atoms with Gasteiger partial charge in [0.25, 0.3) is 0 Å². The lowest BCUT2D eigenvalue weighted by molar-refractivity contribution is -0.0281. The number of amides is 1. The van der Waals surface area contributed by atoms with Crippen molar-refractivity contribution >= 4 is 6.09 Å². The molecule has 5 heteroatoms. The van der Waals surface area contributed by atoms with E-state index in [0.29, 0.717) is 26.3 Å². The van der Waals surface area contributed by atoms with E-state index in [4.69, 9.17) is 14.2 Å². The molecule has 0 saturated carbocycles. The maximum atomic E-state index is 11.9. The summed E-state index contributed by atoms with van der Waals surface area (Å²) in [6, 6.07) is 0. The Morgan fingerprint density at radius 3 is 2.37 bits per heavy atom. The summed E-state index contributed by atoms with van der Waals surface area (Å²) < 4.78 is 16.3. The van der Waals surface area contributed by atoms with Gasteiger partial charge in [-0.05, 0) is 40.5 Å². The molecule has 0 bridgehead atoms. The van der Waals surface area contributed by atoms with Crippen LogP contribution < -0.4 is 0 Å². The molecule has 112 valence electrons. The first-order chi connectivity index (χ1) is 8.92. The van der Waals surface area contributed by atoms with Gasteiger partial charge in [0.15, 0.2) is 0 Å². The van der Waals surface area contributed by atoms with Gasteiger partial charge in [0.1, 0.15) is 5.60 Å². The van der Waals surface area contributed by atoms with E-state index in [9.17, 15) is 4.79 Å². The zero-order valence-corrected chi connectivity index (χ0v) is 12.6. The van der Waals surface area contributed by atoms with Crippen molar-refractivity contribution in [1.82, 2.24) is 4.90 Å². The highest BCUT2D eigenvalue weighted by Gasteiger charge is 2.26. The molecule has 0 aliphatic carbocycles. The van der Waals surface area contributed by atoms with E-state index in [-0.39, 0.29) is 12.2 Å². The van der Waals surface area contributed by atoms with E-state index < -0.39 is 5.60 Å². The van der Waals surface area contributed by atoms with Crippen LogP contribution in [0.2, 0.25) is 0 Å². The summed E-state index contributed by atoms with van der Waals surface area (Å²) in [5, 5.41) is 0. The van der Waals surface area contributed by atoms with E-state index in [2.05, 4.69) is 0 Å². The first-order valence-corrected chi connectivity index (χ1v) is 7.09. The summed E-state index contributed by atoms with van der Waals surface area (Å²) in [6.45, 7) is 11.0. The van der Waals surface area contributed by atoms with Gasteiger partial charge in [-0.1, -0.05) is 0 Å². The average Bonchev–Trinajstić information content (AvgIpc) is 2.33. The summed E-state index contributed by atoms with van der Waals surface area (Å²) in [5.41, 5.74) is -0.429. The van der Waals surface area contributed by atoms with Crippen molar-refractivity contribution in [3.05, 3.63) is 0 Å². The summed E-state index contributed by atoms with van der Waals surface area (Å²) in [7, 11) is 0.